The summed E-state index contributed by atoms with van der Waals surface area (Å²) in [6, 6.07) is 13.5. The fraction of sp³-hybridized carbons (Fsp3) is 0.176. The van der Waals surface area contributed by atoms with E-state index in [4.69, 9.17) is 4.74 Å². The van der Waals surface area contributed by atoms with Crippen LogP contribution in [0.15, 0.2) is 48.5 Å². The van der Waals surface area contributed by atoms with Gasteiger partial charge < -0.3 is 9.30 Å². The summed E-state index contributed by atoms with van der Waals surface area (Å²) < 4.78 is 19.9. The fourth-order valence-electron chi connectivity index (χ4n) is 2.31. The Balaban J connectivity index is 1.68. The number of carbonyl (C=O) groups excluding carboxylic acids is 1. The smallest absolute Gasteiger partial charge is 0.326 e. The molecule has 0 aliphatic rings. The van der Waals surface area contributed by atoms with Gasteiger partial charge in [0.1, 0.15) is 24.8 Å². The normalized spacial score (nSPS) is 10.8. The van der Waals surface area contributed by atoms with Gasteiger partial charge in [-0.1, -0.05) is 24.3 Å². The van der Waals surface area contributed by atoms with Crippen molar-refractivity contribution in [3.05, 3.63) is 65.7 Å². The molecule has 3 rings (SSSR count). The molecule has 0 N–H and O–H groups in total. The van der Waals surface area contributed by atoms with E-state index in [1.807, 2.05) is 35.8 Å². The number of hydrogen-bond donors (Lipinski definition) is 0. The van der Waals surface area contributed by atoms with Gasteiger partial charge in [-0.25, -0.2) is 9.37 Å². The molecule has 1 aromatic heterocycles. The number of aryl methyl sites for hydroxylation is 1. The molecule has 2 aromatic carbocycles. The van der Waals surface area contributed by atoms with Crippen LogP contribution in [0.25, 0.3) is 11.0 Å². The molecule has 0 amide bonds. The van der Waals surface area contributed by atoms with E-state index in [-0.39, 0.29) is 24.9 Å². The van der Waals surface area contributed by atoms with Gasteiger partial charge >= 0.3 is 5.97 Å². The number of carbonyl (C=O) groups is 1. The zero-order valence-electron chi connectivity index (χ0n) is 12.1. The Hall–Kier alpha value is -2.69. The molecular formula is C17H15FN2O2. The predicted octanol–water partition coefficient (Wildman–Crippen LogP) is 3.23. The summed E-state index contributed by atoms with van der Waals surface area (Å²) in [5, 5.41) is 0. The van der Waals surface area contributed by atoms with E-state index in [0.717, 1.165) is 22.4 Å². The molecule has 4 nitrogen and oxygen atoms in total. The van der Waals surface area contributed by atoms with Gasteiger partial charge in [0.15, 0.2) is 0 Å². The highest BCUT2D eigenvalue weighted by atomic mass is 19.1. The maximum Gasteiger partial charge on any atom is 0.326 e. The first kappa shape index (κ1) is 14.3. The largest absolute Gasteiger partial charge is 0.459 e. The topological polar surface area (TPSA) is 44.1 Å². The van der Waals surface area contributed by atoms with Crippen LogP contribution in [-0.4, -0.2) is 15.5 Å². The maximum atomic E-state index is 12.8. The zero-order valence-corrected chi connectivity index (χ0v) is 12.1. The number of hydrogen-bond acceptors (Lipinski definition) is 3. The van der Waals surface area contributed by atoms with Crippen molar-refractivity contribution in [2.45, 2.75) is 20.1 Å². The van der Waals surface area contributed by atoms with Gasteiger partial charge in [0.2, 0.25) is 0 Å². The van der Waals surface area contributed by atoms with E-state index in [2.05, 4.69) is 4.98 Å². The molecule has 0 unspecified atom stereocenters. The van der Waals surface area contributed by atoms with Crippen LogP contribution in [0, 0.1) is 12.7 Å². The predicted molar refractivity (Wildman–Crippen MR) is 80.7 cm³/mol. The van der Waals surface area contributed by atoms with Crippen molar-refractivity contribution in [1.29, 1.82) is 0 Å². The molecule has 0 atom stereocenters. The van der Waals surface area contributed by atoms with Crippen LogP contribution < -0.4 is 0 Å². The third kappa shape index (κ3) is 2.98. The lowest BCUT2D eigenvalue weighted by molar-refractivity contribution is -0.145. The van der Waals surface area contributed by atoms with E-state index in [9.17, 15) is 9.18 Å². The minimum absolute atomic E-state index is 0.105. The van der Waals surface area contributed by atoms with E-state index < -0.39 is 0 Å². The first-order valence-electron chi connectivity index (χ1n) is 6.95. The van der Waals surface area contributed by atoms with E-state index in [0.29, 0.717) is 0 Å². The van der Waals surface area contributed by atoms with Gasteiger partial charge in [-0.15, -0.1) is 0 Å². The monoisotopic (exact) mass is 298 g/mol. The van der Waals surface area contributed by atoms with Crippen molar-refractivity contribution in [1.82, 2.24) is 9.55 Å². The number of aromatic nitrogens is 2. The summed E-state index contributed by atoms with van der Waals surface area (Å²) >= 11 is 0. The minimum atomic E-state index is -0.351. The lowest BCUT2D eigenvalue weighted by Crippen LogP contribution is -2.14. The van der Waals surface area contributed by atoms with Crippen LogP contribution in [0.3, 0.4) is 0 Å². The Kier molecular flexibility index (Phi) is 3.87. The molecule has 1 heterocycles. The molecule has 3 aromatic rings. The minimum Gasteiger partial charge on any atom is -0.459 e. The molecule has 0 aliphatic heterocycles. The molecule has 0 fully saturated rings. The number of nitrogens with zero attached hydrogens (tertiary/aromatic N) is 2. The van der Waals surface area contributed by atoms with Gasteiger partial charge in [0.25, 0.3) is 0 Å². The van der Waals surface area contributed by atoms with Crippen molar-refractivity contribution >= 4 is 17.0 Å². The van der Waals surface area contributed by atoms with Gasteiger partial charge in [0, 0.05) is 0 Å². The van der Waals surface area contributed by atoms with Crippen molar-refractivity contribution in [2.24, 2.45) is 0 Å². The first-order valence-corrected chi connectivity index (χ1v) is 6.95. The Morgan fingerprint density at radius 3 is 2.68 bits per heavy atom. The van der Waals surface area contributed by atoms with Crippen molar-refractivity contribution in [2.75, 3.05) is 0 Å². The Morgan fingerprint density at radius 2 is 1.91 bits per heavy atom. The van der Waals surface area contributed by atoms with Crippen molar-refractivity contribution < 1.29 is 13.9 Å². The highest BCUT2D eigenvalue weighted by Crippen LogP contribution is 2.15. The zero-order chi connectivity index (χ0) is 15.5. The van der Waals surface area contributed by atoms with E-state index in [1.165, 1.54) is 12.1 Å². The summed E-state index contributed by atoms with van der Waals surface area (Å²) in [7, 11) is 0. The average molecular weight is 298 g/mol. The van der Waals surface area contributed by atoms with Crippen LogP contribution in [0.5, 0.6) is 0 Å². The number of rotatable bonds is 4. The second kappa shape index (κ2) is 5.97. The highest BCUT2D eigenvalue weighted by molar-refractivity contribution is 5.78. The third-order valence-corrected chi connectivity index (χ3v) is 3.45. The number of esters is 1. The van der Waals surface area contributed by atoms with Gasteiger partial charge in [0.05, 0.1) is 11.0 Å². The standard InChI is InChI=1S/C17H15FN2O2/c1-12-19-15-4-2-3-5-16(15)20(12)10-17(21)22-11-13-6-8-14(18)9-7-13/h2-9H,10-11H2,1H3. The van der Waals surface area contributed by atoms with E-state index >= 15 is 0 Å². The molecule has 112 valence electrons. The maximum absolute atomic E-state index is 12.8. The molecular weight excluding hydrogens is 283 g/mol. The van der Waals surface area contributed by atoms with Crippen LogP contribution in [-0.2, 0) is 22.7 Å². The molecule has 0 spiro atoms. The Bertz CT molecular complexity index is 809. The van der Waals surface area contributed by atoms with Crippen molar-refractivity contribution in [3.8, 4) is 0 Å². The van der Waals surface area contributed by atoms with E-state index in [1.54, 1.807) is 12.1 Å². The average Bonchev–Trinajstić information content (AvgIpc) is 2.83. The third-order valence-electron chi connectivity index (χ3n) is 3.45. The van der Waals surface area contributed by atoms with Crippen LogP contribution in [0.1, 0.15) is 11.4 Å². The molecule has 0 aliphatic carbocycles. The number of fused-ring (bicyclic) bond motifs is 1. The number of halogens is 1. The fourth-order valence-corrected chi connectivity index (χ4v) is 2.31. The number of imidazole rings is 1. The molecule has 0 bridgehead atoms. The van der Waals surface area contributed by atoms with Gasteiger partial charge in [-0.2, -0.15) is 0 Å². The second-order valence-electron chi connectivity index (χ2n) is 5.02. The molecule has 0 saturated heterocycles. The van der Waals surface area contributed by atoms with Crippen molar-refractivity contribution in [3.63, 3.8) is 0 Å². The first-order chi connectivity index (χ1) is 10.6. The number of para-hydroxylation sites is 2. The molecule has 0 saturated carbocycles. The lowest BCUT2D eigenvalue weighted by atomic mass is 10.2. The summed E-state index contributed by atoms with van der Waals surface area (Å²) in [6.45, 7) is 2.09. The number of ether oxygens (including phenoxy) is 1. The number of benzene rings is 2. The Labute approximate surface area is 127 Å². The van der Waals surface area contributed by atoms with Crippen LogP contribution in [0.4, 0.5) is 4.39 Å². The summed E-state index contributed by atoms with van der Waals surface area (Å²) in [5.41, 5.74) is 2.51. The van der Waals surface area contributed by atoms with Gasteiger partial charge in [-0.05, 0) is 36.8 Å². The van der Waals surface area contributed by atoms with Crippen LogP contribution in [0.2, 0.25) is 0 Å². The highest BCUT2D eigenvalue weighted by Gasteiger charge is 2.11. The van der Waals surface area contributed by atoms with Crippen LogP contribution >= 0.6 is 0 Å². The van der Waals surface area contributed by atoms with Gasteiger partial charge in [-0.3, -0.25) is 4.79 Å². The molecule has 22 heavy (non-hydrogen) atoms. The Morgan fingerprint density at radius 1 is 1.18 bits per heavy atom. The summed E-state index contributed by atoms with van der Waals surface area (Å²) in [4.78, 5) is 16.4. The quantitative estimate of drug-likeness (QED) is 0.695. The second-order valence-corrected chi connectivity index (χ2v) is 5.02. The lowest BCUT2D eigenvalue weighted by Gasteiger charge is -2.08. The summed E-state index contributed by atoms with van der Waals surface area (Å²) in [6.07, 6.45) is 0. The summed E-state index contributed by atoms with van der Waals surface area (Å²) in [5.74, 6) is 0.103. The molecule has 5 heteroatoms. The molecule has 0 radical (unpaired) electrons. The SMILES string of the molecule is Cc1nc2ccccc2n1CC(=O)OCc1ccc(F)cc1.